The molecule has 140 valence electrons. The summed E-state index contributed by atoms with van der Waals surface area (Å²) in [6.45, 7) is 2.78. The van der Waals surface area contributed by atoms with Crippen molar-refractivity contribution in [3.63, 3.8) is 0 Å². The van der Waals surface area contributed by atoms with E-state index in [2.05, 4.69) is 25.3 Å². The van der Waals surface area contributed by atoms with Crippen molar-refractivity contribution in [2.24, 2.45) is 5.92 Å². The van der Waals surface area contributed by atoms with Gasteiger partial charge in [-0.1, -0.05) is 11.2 Å². The molecule has 1 aliphatic heterocycles. The van der Waals surface area contributed by atoms with Crippen molar-refractivity contribution in [2.75, 3.05) is 13.1 Å². The third-order valence-electron chi connectivity index (χ3n) is 4.69. The number of nitrogens with zero attached hydrogens (tertiary/aromatic N) is 4. The molecule has 4 heterocycles. The van der Waals surface area contributed by atoms with Gasteiger partial charge < -0.3 is 14.3 Å². The highest BCUT2D eigenvalue weighted by Gasteiger charge is 2.25. The Labute approximate surface area is 156 Å². The number of hydrogen-bond donors (Lipinski definition) is 1. The van der Waals surface area contributed by atoms with Gasteiger partial charge in [0.1, 0.15) is 11.5 Å². The molecule has 1 N–H and O–H groups in total. The average molecular weight is 367 g/mol. The third-order valence-corrected chi connectivity index (χ3v) is 4.69. The SMILES string of the molecule is O=C(NCc1nc(-c2ccccn2)no1)C1CCN(Cc2ccco2)CC1. The van der Waals surface area contributed by atoms with Crippen molar-refractivity contribution in [1.29, 1.82) is 0 Å². The van der Waals surface area contributed by atoms with Crippen molar-refractivity contribution in [3.05, 3.63) is 54.4 Å². The van der Waals surface area contributed by atoms with Gasteiger partial charge in [-0.15, -0.1) is 0 Å². The predicted octanol–water partition coefficient (Wildman–Crippen LogP) is 2.25. The lowest BCUT2D eigenvalue weighted by molar-refractivity contribution is -0.126. The minimum atomic E-state index is 0.0102. The fourth-order valence-electron chi connectivity index (χ4n) is 3.21. The topological polar surface area (TPSA) is 97.3 Å². The van der Waals surface area contributed by atoms with E-state index in [0.717, 1.165) is 38.2 Å². The molecule has 0 saturated carbocycles. The minimum absolute atomic E-state index is 0.0102. The van der Waals surface area contributed by atoms with Gasteiger partial charge in [-0.25, -0.2) is 0 Å². The van der Waals surface area contributed by atoms with Crippen LogP contribution >= 0.6 is 0 Å². The molecule has 0 aliphatic carbocycles. The van der Waals surface area contributed by atoms with Crippen LogP contribution in [-0.4, -0.2) is 39.0 Å². The van der Waals surface area contributed by atoms with Crippen molar-refractivity contribution < 1.29 is 13.7 Å². The predicted molar refractivity (Wildman–Crippen MR) is 96.1 cm³/mol. The lowest BCUT2D eigenvalue weighted by atomic mass is 9.96. The molecule has 0 bridgehead atoms. The monoisotopic (exact) mass is 367 g/mol. The number of amides is 1. The van der Waals surface area contributed by atoms with Crippen LogP contribution in [0.3, 0.4) is 0 Å². The second-order valence-corrected chi connectivity index (χ2v) is 6.57. The van der Waals surface area contributed by atoms with Gasteiger partial charge in [0, 0.05) is 12.1 Å². The van der Waals surface area contributed by atoms with E-state index in [1.54, 1.807) is 12.5 Å². The molecule has 8 nitrogen and oxygen atoms in total. The van der Waals surface area contributed by atoms with E-state index in [-0.39, 0.29) is 18.4 Å². The van der Waals surface area contributed by atoms with Crippen LogP contribution < -0.4 is 5.32 Å². The minimum Gasteiger partial charge on any atom is -0.468 e. The maximum Gasteiger partial charge on any atom is 0.246 e. The van der Waals surface area contributed by atoms with Crippen molar-refractivity contribution >= 4 is 5.91 Å². The standard InChI is InChI=1S/C19H21N5O3/c25-19(14-6-9-24(10-7-14)13-15-4-3-11-26-15)21-12-17-22-18(23-27-17)16-5-1-2-8-20-16/h1-5,8,11,14H,6-7,9-10,12-13H2,(H,21,25). The maximum absolute atomic E-state index is 12.4. The van der Waals surface area contributed by atoms with Crippen LogP contribution in [0.1, 0.15) is 24.5 Å². The first kappa shape index (κ1) is 17.4. The van der Waals surface area contributed by atoms with Crippen LogP contribution in [0.2, 0.25) is 0 Å². The fourth-order valence-corrected chi connectivity index (χ4v) is 3.21. The third kappa shape index (κ3) is 4.40. The Balaban J connectivity index is 1.24. The number of nitrogens with one attached hydrogen (secondary N) is 1. The summed E-state index contributed by atoms with van der Waals surface area (Å²) < 4.78 is 10.6. The number of aromatic nitrogens is 3. The van der Waals surface area contributed by atoms with Gasteiger partial charge in [0.25, 0.3) is 0 Å². The van der Waals surface area contributed by atoms with Crippen LogP contribution in [-0.2, 0) is 17.9 Å². The van der Waals surface area contributed by atoms with Gasteiger partial charge in [-0.2, -0.15) is 4.98 Å². The van der Waals surface area contributed by atoms with Crippen LogP contribution in [0.25, 0.3) is 11.5 Å². The van der Waals surface area contributed by atoms with Crippen molar-refractivity contribution in [1.82, 2.24) is 25.3 Å². The zero-order chi connectivity index (χ0) is 18.5. The van der Waals surface area contributed by atoms with E-state index in [1.807, 2.05) is 30.3 Å². The van der Waals surface area contributed by atoms with Crippen LogP contribution in [0.5, 0.6) is 0 Å². The van der Waals surface area contributed by atoms with E-state index in [0.29, 0.717) is 17.4 Å². The van der Waals surface area contributed by atoms with Crippen LogP contribution in [0.15, 0.2) is 51.7 Å². The summed E-state index contributed by atoms with van der Waals surface area (Å²) in [4.78, 5) is 23.2. The Morgan fingerprint density at radius 1 is 1.22 bits per heavy atom. The van der Waals surface area contributed by atoms with Crippen molar-refractivity contribution in [3.8, 4) is 11.5 Å². The Kier molecular flexibility index (Phi) is 5.24. The second-order valence-electron chi connectivity index (χ2n) is 6.57. The Bertz CT molecular complexity index is 855. The molecule has 3 aromatic heterocycles. The molecule has 4 rings (SSSR count). The zero-order valence-corrected chi connectivity index (χ0v) is 14.9. The van der Waals surface area contributed by atoms with Gasteiger partial charge >= 0.3 is 0 Å². The number of pyridine rings is 1. The van der Waals surface area contributed by atoms with Gasteiger partial charge in [-0.05, 0) is 50.2 Å². The normalized spacial score (nSPS) is 15.7. The number of rotatable bonds is 6. The van der Waals surface area contributed by atoms with Crippen molar-refractivity contribution in [2.45, 2.75) is 25.9 Å². The number of likely N-dealkylation sites (tertiary alicyclic amines) is 1. The molecular formula is C19H21N5O3. The summed E-state index contributed by atoms with van der Waals surface area (Å²) in [6.07, 6.45) is 5.02. The molecule has 1 amide bonds. The summed E-state index contributed by atoms with van der Waals surface area (Å²) >= 11 is 0. The Hall–Kier alpha value is -3.00. The summed E-state index contributed by atoms with van der Waals surface area (Å²) in [7, 11) is 0. The largest absolute Gasteiger partial charge is 0.468 e. The lowest BCUT2D eigenvalue weighted by Gasteiger charge is -2.30. The first-order valence-electron chi connectivity index (χ1n) is 9.04. The summed E-state index contributed by atoms with van der Waals surface area (Å²) in [5.74, 6) is 1.80. The van der Waals surface area contributed by atoms with Gasteiger partial charge in [0.15, 0.2) is 0 Å². The lowest BCUT2D eigenvalue weighted by Crippen LogP contribution is -2.40. The van der Waals surface area contributed by atoms with Crippen LogP contribution in [0, 0.1) is 5.92 Å². The molecule has 1 aliphatic rings. The van der Waals surface area contributed by atoms with Crippen LogP contribution in [0.4, 0.5) is 0 Å². The van der Waals surface area contributed by atoms with E-state index < -0.39 is 0 Å². The number of hydrogen-bond acceptors (Lipinski definition) is 7. The Morgan fingerprint density at radius 2 is 2.11 bits per heavy atom. The Morgan fingerprint density at radius 3 is 2.85 bits per heavy atom. The summed E-state index contributed by atoms with van der Waals surface area (Å²) in [6, 6.07) is 9.36. The highest BCUT2D eigenvalue weighted by Crippen LogP contribution is 2.19. The van der Waals surface area contributed by atoms with Gasteiger partial charge in [0.05, 0.1) is 19.4 Å². The first-order chi connectivity index (χ1) is 13.3. The summed E-state index contributed by atoms with van der Waals surface area (Å²) in [5, 5.41) is 6.81. The van der Waals surface area contributed by atoms with E-state index >= 15 is 0 Å². The molecule has 0 atom stereocenters. The second kappa shape index (κ2) is 8.13. The van der Waals surface area contributed by atoms with E-state index in [9.17, 15) is 4.79 Å². The molecule has 0 aromatic carbocycles. The van der Waals surface area contributed by atoms with E-state index in [1.165, 1.54) is 0 Å². The van der Waals surface area contributed by atoms with E-state index in [4.69, 9.17) is 8.94 Å². The van der Waals surface area contributed by atoms with Gasteiger partial charge in [-0.3, -0.25) is 14.7 Å². The number of carbonyl (C=O) groups is 1. The maximum atomic E-state index is 12.4. The quantitative estimate of drug-likeness (QED) is 0.713. The highest BCUT2D eigenvalue weighted by molar-refractivity contribution is 5.78. The molecule has 0 radical (unpaired) electrons. The number of piperidine rings is 1. The molecular weight excluding hydrogens is 346 g/mol. The molecule has 8 heteroatoms. The molecule has 3 aromatic rings. The summed E-state index contributed by atoms with van der Waals surface area (Å²) in [5.41, 5.74) is 0.641. The molecule has 0 unspecified atom stereocenters. The molecule has 1 saturated heterocycles. The first-order valence-corrected chi connectivity index (χ1v) is 9.04. The average Bonchev–Trinajstić information content (AvgIpc) is 3.39. The van der Waals surface area contributed by atoms with Gasteiger partial charge in [0.2, 0.25) is 17.6 Å². The molecule has 0 spiro atoms. The zero-order valence-electron chi connectivity index (χ0n) is 14.9. The number of carbonyl (C=O) groups excluding carboxylic acids is 1. The highest BCUT2D eigenvalue weighted by atomic mass is 16.5. The fraction of sp³-hybridized carbons (Fsp3) is 0.368. The molecule has 27 heavy (non-hydrogen) atoms. The number of furan rings is 1. The smallest absolute Gasteiger partial charge is 0.246 e. The molecule has 1 fully saturated rings.